The topological polar surface area (TPSA) is 74.1 Å². The molecule has 0 aliphatic heterocycles. The van der Waals surface area contributed by atoms with Crippen molar-refractivity contribution in [3.63, 3.8) is 0 Å². The highest BCUT2D eigenvalue weighted by molar-refractivity contribution is 9.10. The Balaban J connectivity index is 2.67. The molecule has 0 N–H and O–H groups in total. The van der Waals surface area contributed by atoms with Gasteiger partial charge in [0.1, 0.15) is 5.75 Å². The summed E-state index contributed by atoms with van der Waals surface area (Å²) >= 11 is 3.42. The van der Waals surface area contributed by atoms with Crippen molar-refractivity contribution < 1.29 is 13.2 Å². The van der Waals surface area contributed by atoms with Crippen LogP contribution in [0.5, 0.6) is 5.75 Å². The Bertz CT molecular complexity index is 761. The zero-order valence-electron chi connectivity index (χ0n) is 11.4. The van der Waals surface area contributed by atoms with E-state index in [4.69, 9.17) is 15.4 Å². The van der Waals surface area contributed by atoms with Gasteiger partial charge in [0.05, 0.1) is 7.11 Å². The Hall–Kier alpha value is -1.12. The first-order valence-corrected chi connectivity index (χ1v) is 9.20. The van der Waals surface area contributed by atoms with E-state index in [2.05, 4.69) is 26.1 Å². The van der Waals surface area contributed by atoms with Crippen molar-refractivity contribution >= 4 is 35.7 Å². The molecule has 0 unspecified atom stereocenters. The minimum atomic E-state index is -3.96. The summed E-state index contributed by atoms with van der Waals surface area (Å²) in [6.45, 7) is 2.36. The second kappa shape index (κ2) is 6.33. The van der Waals surface area contributed by atoms with Gasteiger partial charge in [-0.05, 0) is 24.6 Å². The molecule has 2 aromatic rings. The van der Waals surface area contributed by atoms with Crippen LogP contribution in [0.3, 0.4) is 0 Å². The van der Waals surface area contributed by atoms with E-state index in [0.717, 1.165) is 4.47 Å². The summed E-state index contributed by atoms with van der Waals surface area (Å²) in [4.78, 5) is 0. The lowest BCUT2D eigenvalue weighted by atomic mass is 10.2. The number of hydrogen-bond acceptors (Lipinski definition) is 5. The summed E-state index contributed by atoms with van der Waals surface area (Å²) in [6.07, 6.45) is 0.714. The van der Waals surface area contributed by atoms with Gasteiger partial charge in [-0.25, -0.2) is 8.42 Å². The maximum Gasteiger partial charge on any atom is 0.296 e. The molecule has 21 heavy (non-hydrogen) atoms. The number of benzene rings is 1. The summed E-state index contributed by atoms with van der Waals surface area (Å²) in [5.74, 6) is 1.05. The average Bonchev–Trinajstić information content (AvgIpc) is 2.83. The van der Waals surface area contributed by atoms with Crippen LogP contribution in [0.1, 0.15) is 13.3 Å². The highest BCUT2D eigenvalue weighted by Gasteiger charge is 2.24. The van der Waals surface area contributed by atoms with E-state index in [0.29, 0.717) is 30.1 Å². The summed E-state index contributed by atoms with van der Waals surface area (Å²) in [5.41, 5.74) is 0.682. The quantitative estimate of drug-likeness (QED) is 0.729. The molecule has 1 heterocycles. The van der Waals surface area contributed by atoms with E-state index in [1.54, 1.807) is 25.3 Å². The Labute approximate surface area is 135 Å². The predicted molar refractivity (Wildman–Crippen MR) is 83.0 cm³/mol. The van der Waals surface area contributed by atoms with Crippen LogP contribution in [-0.2, 0) is 15.6 Å². The second-order valence-electron chi connectivity index (χ2n) is 4.24. The first kappa shape index (κ1) is 16.3. The van der Waals surface area contributed by atoms with Gasteiger partial charge in [-0.15, -0.1) is 10.2 Å². The maximum atomic E-state index is 11.6. The third-order valence-corrected chi connectivity index (χ3v) is 4.64. The van der Waals surface area contributed by atoms with Gasteiger partial charge < -0.3 is 4.74 Å². The largest absolute Gasteiger partial charge is 0.497 e. The normalized spacial score (nSPS) is 11.6. The number of halogens is 2. The Morgan fingerprint density at radius 1 is 1.38 bits per heavy atom. The molecule has 0 aliphatic rings. The van der Waals surface area contributed by atoms with Gasteiger partial charge in [0.25, 0.3) is 14.2 Å². The zero-order valence-corrected chi connectivity index (χ0v) is 14.5. The van der Waals surface area contributed by atoms with Crippen molar-refractivity contribution in [2.75, 3.05) is 7.11 Å². The molecule has 0 aliphatic carbocycles. The molecule has 0 saturated heterocycles. The van der Waals surface area contributed by atoms with E-state index in [9.17, 15) is 8.42 Å². The van der Waals surface area contributed by atoms with E-state index in [1.165, 1.54) is 4.57 Å². The first-order valence-electron chi connectivity index (χ1n) is 6.10. The summed E-state index contributed by atoms with van der Waals surface area (Å²) in [7, 11) is 3.01. The molecule has 0 radical (unpaired) electrons. The van der Waals surface area contributed by atoms with Gasteiger partial charge in [0.2, 0.25) is 0 Å². The summed E-state index contributed by atoms with van der Waals surface area (Å²) < 4.78 is 30.6. The van der Waals surface area contributed by atoms with Gasteiger partial charge >= 0.3 is 0 Å². The molecule has 114 valence electrons. The maximum absolute atomic E-state index is 11.6. The fourth-order valence-corrected chi connectivity index (χ4v) is 3.24. The van der Waals surface area contributed by atoms with E-state index < -0.39 is 9.05 Å². The Morgan fingerprint density at radius 2 is 2.10 bits per heavy atom. The average molecular weight is 395 g/mol. The highest BCUT2D eigenvalue weighted by Crippen LogP contribution is 2.32. The molecule has 2 rings (SSSR count). The van der Waals surface area contributed by atoms with Gasteiger partial charge in [-0.2, -0.15) is 0 Å². The molecular formula is C12H13BrClN3O3S. The van der Waals surface area contributed by atoms with Crippen LogP contribution >= 0.6 is 26.6 Å². The monoisotopic (exact) mass is 393 g/mol. The standard InChI is InChI=1S/C12H13BrClN3O3S/c1-3-6-17-11(15-16-12(17)21(14,18)19)9-7-8(20-2)4-5-10(9)13/h4-5,7H,3,6H2,1-2H3. The molecule has 1 aromatic heterocycles. The number of aromatic nitrogens is 3. The van der Waals surface area contributed by atoms with Gasteiger partial charge in [0, 0.05) is 27.3 Å². The number of rotatable bonds is 5. The van der Waals surface area contributed by atoms with E-state index in [-0.39, 0.29) is 5.16 Å². The minimum absolute atomic E-state index is 0.254. The molecule has 6 nitrogen and oxygen atoms in total. The van der Waals surface area contributed by atoms with Gasteiger partial charge in [-0.1, -0.05) is 22.9 Å². The smallest absolute Gasteiger partial charge is 0.296 e. The number of ether oxygens (including phenoxy) is 1. The highest BCUT2D eigenvalue weighted by atomic mass is 79.9. The van der Waals surface area contributed by atoms with Crippen molar-refractivity contribution in [2.24, 2.45) is 0 Å². The molecule has 0 atom stereocenters. The number of methoxy groups -OCH3 is 1. The third-order valence-electron chi connectivity index (χ3n) is 2.80. The van der Waals surface area contributed by atoms with Crippen molar-refractivity contribution in [1.82, 2.24) is 14.8 Å². The Morgan fingerprint density at radius 3 is 2.67 bits per heavy atom. The predicted octanol–water partition coefficient (Wildman–Crippen LogP) is 3.05. The zero-order chi connectivity index (χ0) is 15.6. The van der Waals surface area contributed by atoms with Crippen molar-refractivity contribution in [3.8, 4) is 17.1 Å². The van der Waals surface area contributed by atoms with E-state index in [1.807, 2.05) is 6.92 Å². The molecule has 0 fully saturated rings. The van der Waals surface area contributed by atoms with Crippen molar-refractivity contribution in [1.29, 1.82) is 0 Å². The Kier molecular flexibility index (Phi) is 4.90. The minimum Gasteiger partial charge on any atom is -0.497 e. The SMILES string of the molecule is CCCn1c(-c2cc(OC)ccc2Br)nnc1S(=O)(=O)Cl. The van der Waals surface area contributed by atoms with Gasteiger partial charge in [-0.3, -0.25) is 4.57 Å². The fraction of sp³-hybridized carbons (Fsp3) is 0.333. The molecule has 0 bridgehead atoms. The molecular weight excluding hydrogens is 382 g/mol. The van der Waals surface area contributed by atoms with Crippen LogP contribution in [0.2, 0.25) is 0 Å². The lowest BCUT2D eigenvalue weighted by Crippen LogP contribution is -2.07. The van der Waals surface area contributed by atoms with Crippen LogP contribution in [-0.4, -0.2) is 30.3 Å². The first-order chi connectivity index (χ1) is 9.88. The van der Waals surface area contributed by atoms with Gasteiger partial charge in [0.15, 0.2) is 5.82 Å². The summed E-state index contributed by atoms with van der Waals surface area (Å²) in [6, 6.07) is 5.34. The van der Waals surface area contributed by atoms with Crippen LogP contribution in [0, 0.1) is 0 Å². The fourth-order valence-electron chi connectivity index (χ4n) is 1.90. The molecule has 9 heteroatoms. The molecule has 0 saturated carbocycles. The second-order valence-corrected chi connectivity index (χ2v) is 7.56. The van der Waals surface area contributed by atoms with Crippen LogP contribution in [0.25, 0.3) is 11.4 Å². The van der Waals surface area contributed by atoms with Crippen LogP contribution in [0.4, 0.5) is 0 Å². The van der Waals surface area contributed by atoms with Crippen LogP contribution < -0.4 is 4.74 Å². The molecule has 0 spiro atoms. The number of hydrogen-bond donors (Lipinski definition) is 0. The lowest BCUT2D eigenvalue weighted by Gasteiger charge is -2.10. The lowest BCUT2D eigenvalue weighted by molar-refractivity contribution is 0.415. The van der Waals surface area contributed by atoms with Crippen molar-refractivity contribution in [3.05, 3.63) is 22.7 Å². The van der Waals surface area contributed by atoms with E-state index >= 15 is 0 Å². The summed E-state index contributed by atoms with van der Waals surface area (Å²) in [5, 5.41) is 7.43. The third kappa shape index (κ3) is 3.38. The number of nitrogens with zero attached hydrogens (tertiary/aromatic N) is 3. The van der Waals surface area contributed by atoms with Crippen LogP contribution in [0.15, 0.2) is 27.8 Å². The van der Waals surface area contributed by atoms with Crippen molar-refractivity contribution in [2.45, 2.75) is 25.0 Å². The molecule has 1 aromatic carbocycles. The molecule has 0 amide bonds.